The van der Waals surface area contributed by atoms with Crippen molar-refractivity contribution < 1.29 is 4.79 Å². The molecule has 3 rings (SSSR count). The second-order valence-electron chi connectivity index (χ2n) is 4.33. The van der Waals surface area contributed by atoms with Gasteiger partial charge in [-0.05, 0) is 12.1 Å². The number of amides is 1. The zero-order chi connectivity index (χ0) is 13.2. The molecule has 0 spiro atoms. The minimum absolute atomic E-state index is 0.0524. The van der Waals surface area contributed by atoms with E-state index in [1.54, 1.807) is 36.6 Å². The third-order valence-electron chi connectivity index (χ3n) is 3.00. The fraction of sp³-hybridized carbons (Fsp3) is 0.154. The lowest BCUT2D eigenvalue weighted by Crippen LogP contribution is -2.26. The third kappa shape index (κ3) is 2.08. The fourth-order valence-electron chi connectivity index (χ4n) is 2.04. The van der Waals surface area contributed by atoms with Gasteiger partial charge in [0, 0.05) is 24.8 Å². The third-order valence-corrected chi connectivity index (χ3v) is 3.00. The van der Waals surface area contributed by atoms with Crippen LogP contribution in [0, 0.1) is 0 Å². The van der Waals surface area contributed by atoms with E-state index in [-0.39, 0.29) is 5.91 Å². The van der Waals surface area contributed by atoms with Gasteiger partial charge in [-0.1, -0.05) is 6.07 Å². The Morgan fingerprint density at radius 3 is 3.11 bits per heavy atom. The van der Waals surface area contributed by atoms with Gasteiger partial charge in [0.15, 0.2) is 0 Å². The molecule has 1 aromatic carbocycles. The highest BCUT2D eigenvalue weighted by atomic mass is 16.2. The predicted octanol–water partition coefficient (Wildman–Crippen LogP) is 1.56. The summed E-state index contributed by atoms with van der Waals surface area (Å²) in [6.45, 7) is 0.445. The average Bonchev–Trinajstić information content (AvgIpc) is 3.07. The normalized spacial score (nSPS) is 10.8. The van der Waals surface area contributed by atoms with E-state index in [2.05, 4.69) is 20.2 Å². The number of rotatable bonds is 3. The van der Waals surface area contributed by atoms with Gasteiger partial charge in [-0.3, -0.25) is 9.89 Å². The van der Waals surface area contributed by atoms with Gasteiger partial charge in [0.1, 0.15) is 5.82 Å². The van der Waals surface area contributed by atoms with Crippen LogP contribution in [-0.2, 0) is 6.54 Å². The zero-order valence-corrected chi connectivity index (χ0v) is 10.4. The van der Waals surface area contributed by atoms with Crippen molar-refractivity contribution in [3.05, 3.63) is 48.2 Å². The minimum Gasteiger partial charge on any atom is -0.347 e. The average molecular weight is 255 g/mol. The molecule has 2 N–H and O–H groups in total. The topological polar surface area (TPSA) is 77.7 Å². The maximum absolute atomic E-state index is 12.4. The smallest absolute Gasteiger partial charge is 0.254 e. The maximum Gasteiger partial charge on any atom is 0.254 e. The molecule has 6 nitrogen and oxygen atoms in total. The van der Waals surface area contributed by atoms with Crippen LogP contribution in [-0.4, -0.2) is 38.0 Å². The van der Waals surface area contributed by atoms with Gasteiger partial charge >= 0.3 is 0 Å². The van der Waals surface area contributed by atoms with E-state index in [0.29, 0.717) is 12.1 Å². The summed E-state index contributed by atoms with van der Waals surface area (Å²) < 4.78 is 0. The number of carbonyl (C=O) groups excluding carboxylic acids is 1. The Kier molecular flexibility index (Phi) is 2.75. The number of imidazole rings is 1. The molecule has 96 valence electrons. The van der Waals surface area contributed by atoms with Gasteiger partial charge in [-0.25, -0.2) is 4.98 Å². The number of aromatic amines is 2. The summed E-state index contributed by atoms with van der Waals surface area (Å²) in [5.74, 6) is 0.707. The molecule has 0 unspecified atom stereocenters. The van der Waals surface area contributed by atoms with Gasteiger partial charge in [0.2, 0.25) is 0 Å². The number of nitrogens with zero attached hydrogens (tertiary/aromatic N) is 3. The van der Waals surface area contributed by atoms with Crippen LogP contribution >= 0.6 is 0 Å². The maximum atomic E-state index is 12.4. The summed E-state index contributed by atoms with van der Waals surface area (Å²) in [6, 6.07) is 5.54. The van der Waals surface area contributed by atoms with Crippen molar-refractivity contribution in [2.75, 3.05) is 7.05 Å². The molecule has 0 radical (unpaired) electrons. The SMILES string of the molecule is CN(Cc1ncc[nH]1)C(=O)c1cccc2[nH]ncc12. The van der Waals surface area contributed by atoms with Crippen molar-refractivity contribution in [2.24, 2.45) is 0 Å². The van der Waals surface area contributed by atoms with Crippen molar-refractivity contribution in [3.63, 3.8) is 0 Å². The second kappa shape index (κ2) is 4.56. The van der Waals surface area contributed by atoms with Crippen LogP contribution < -0.4 is 0 Å². The zero-order valence-electron chi connectivity index (χ0n) is 10.4. The molecule has 6 heteroatoms. The number of hydrogen-bond donors (Lipinski definition) is 2. The van der Waals surface area contributed by atoms with Gasteiger partial charge < -0.3 is 9.88 Å². The highest BCUT2D eigenvalue weighted by Gasteiger charge is 2.16. The number of carbonyl (C=O) groups is 1. The quantitative estimate of drug-likeness (QED) is 0.745. The molecule has 0 saturated carbocycles. The molecule has 0 aliphatic rings. The lowest BCUT2D eigenvalue weighted by atomic mass is 10.1. The molecular weight excluding hydrogens is 242 g/mol. The summed E-state index contributed by atoms with van der Waals surface area (Å²) >= 11 is 0. The predicted molar refractivity (Wildman–Crippen MR) is 70.5 cm³/mol. The van der Waals surface area contributed by atoms with E-state index in [0.717, 1.165) is 16.7 Å². The minimum atomic E-state index is -0.0524. The Balaban J connectivity index is 1.89. The first-order valence-electron chi connectivity index (χ1n) is 5.91. The van der Waals surface area contributed by atoms with Gasteiger partial charge in [0.25, 0.3) is 5.91 Å². The van der Waals surface area contributed by atoms with E-state index in [1.807, 2.05) is 12.1 Å². The molecule has 2 aromatic heterocycles. The van der Waals surface area contributed by atoms with Crippen molar-refractivity contribution in [3.8, 4) is 0 Å². The van der Waals surface area contributed by atoms with Crippen LogP contribution in [0.3, 0.4) is 0 Å². The van der Waals surface area contributed by atoms with Gasteiger partial charge in [0.05, 0.1) is 23.8 Å². The number of H-pyrrole nitrogens is 2. The Hall–Kier alpha value is -2.63. The monoisotopic (exact) mass is 255 g/mol. The van der Waals surface area contributed by atoms with Crippen molar-refractivity contribution in [1.82, 2.24) is 25.1 Å². The number of nitrogens with one attached hydrogen (secondary N) is 2. The highest BCUT2D eigenvalue weighted by Crippen LogP contribution is 2.17. The standard InChI is InChI=1S/C13H13N5O/c1-18(8-12-14-5-6-15-12)13(19)9-3-2-4-11-10(9)7-16-17-11/h2-7H,8H2,1H3,(H,14,15)(H,16,17). The molecule has 0 aliphatic carbocycles. The summed E-state index contributed by atoms with van der Waals surface area (Å²) in [5, 5.41) is 7.66. The van der Waals surface area contributed by atoms with Crippen molar-refractivity contribution in [1.29, 1.82) is 0 Å². The van der Waals surface area contributed by atoms with Crippen molar-refractivity contribution >= 4 is 16.8 Å². The summed E-state index contributed by atoms with van der Waals surface area (Å²) in [5.41, 5.74) is 1.50. The Morgan fingerprint density at radius 1 is 1.42 bits per heavy atom. The molecule has 0 aliphatic heterocycles. The number of benzene rings is 1. The van der Waals surface area contributed by atoms with Crippen LogP contribution in [0.15, 0.2) is 36.8 Å². The van der Waals surface area contributed by atoms with E-state index in [1.165, 1.54) is 0 Å². The second-order valence-corrected chi connectivity index (χ2v) is 4.33. The molecule has 0 atom stereocenters. The Labute approximate surface area is 109 Å². The molecule has 0 fully saturated rings. The van der Waals surface area contributed by atoms with Crippen LogP contribution in [0.2, 0.25) is 0 Å². The molecule has 0 bridgehead atoms. The first-order chi connectivity index (χ1) is 9.25. The molecule has 19 heavy (non-hydrogen) atoms. The molecular formula is C13H13N5O. The number of fused-ring (bicyclic) bond motifs is 1. The van der Waals surface area contributed by atoms with Crippen molar-refractivity contribution in [2.45, 2.75) is 6.54 Å². The summed E-state index contributed by atoms with van der Waals surface area (Å²) in [4.78, 5) is 21.2. The highest BCUT2D eigenvalue weighted by molar-refractivity contribution is 6.05. The molecule has 0 saturated heterocycles. The van der Waals surface area contributed by atoms with E-state index >= 15 is 0 Å². The summed E-state index contributed by atoms with van der Waals surface area (Å²) in [7, 11) is 1.75. The van der Waals surface area contributed by atoms with Crippen LogP contribution in [0.4, 0.5) is 0 Å². The molecule has 3 aromatic rings. The Bertz CT molecular complexity index is 701. The lowest BCUT2D eigenvalue weighted by molar-refractivity contribution is 0.0784. The number of hydrogen-bond acceptors (Lipinski definition) is 3. The van der Waals surface area contributed by atoms with E-state index < -0.39 is 0 Å². The molecule has 1 amide bonds. The number of aromatic nitrogens is 4. The fourth-order valence-corrected chi connectivity index (χ4v) is 2.04. The van der Waals surface area contributed by atoms with E-state index in [9.17, 15) is 4.79 Å². The Morgan fingerprint density at radius 2 is 2.32 bits per heavy atom. The lowest BCUT2D eigenvalue weighted by Gasteiger charge is -2.16. The molecule has 2 heterocycles. The van der Waals surface area contributed by atoms with Crippen LogP contribution in [0.5, 0.6) is 0 Å². The summed E-state index contributed by atoms with van der Waals surface area (Å²) in [6.07, 6.45) is 5.08. The van der Waals surface area contributed by atoms with Crippen LogP contribution in [0.1, 0.15) is 16.2 Å². The largest absolute Gasteiger partial charge is 0.347 e. The van der Waals surface area contributed by atoms with Gasteiger partial charge in [-0.2, -0.15) is 5.10 Å². The van der Waals surface area contributed by atoms with E-state index in [4.69, 9.17) is 0 Å². The van der Waals surface area contributed by atoms with Gasteiger partial charge in [-0.15, -0.1) is 0 Å². The first kappa shape index (κ1) is 11.5. The first-order valence-corrected chi connectivity index (χ1v) is 5.91. The van der Waals surface area contributed by atoms with Crippen LogP contribution in [0.25, 0.3) is 10.9 Å².